The van der Waals surface area contributed by atoms with E-state index in [4.69, 9.17) is 22.2 Å². The highest BCUT2D eigenvalue weighted by Crippen LogP contribution is 2.05. The van der Waals surface area contributed by atoms with Gasteiger partial charge in [-0.1, -0.05) is 56.2 Å². The Morgan fingerprint density at radius 1 is 1.33 bits per heavy atom. The van der Waals surface area contributed by atoms with Crippen molar-refractivity contribution in [2.45, 2.75) is 26.2 Å². The fourth-order valence-corrected chi connectivity index (χ4v) is 2.50. The molecule has 0 saturated carbocycles. The second-order valence-corrected chi connectivity index (χ2v) is 7.38. The molecule has 0 fully saturated rings. The molecule has 0 unspecified atom stereocenters. The Bertz CT molecular complexity index is 321. The van der Waals surface area contributed by atoms with Crippen molar-refractivity contribution in [1.29, 1.82) is 0 Å². The molecule has 1 aromatic carbocycles. The number of unbranched alkanes of at least 4 members (excludes halogenated alkanes) is 2. The van der Waals surface area contributed by atoms with Crippen LogP contribution in [-0.4, -0.2) is 7.42 Å². The lowest BCUT2D eigenvalue weighted by Gasteiger charge is -2.00. The zero-order valence-corrected chi connectivity index (χ0v) is 11.4. The first-order valence-corrected chi connectivity index (χ1v) is 8.71. The monoisotopic (exact) mass is 257 g/mol. The van der Waals surface area contributed by atoms with Crippen LogP contribution < -0.4 is 5.19 Å². The van der Waals surface area contributed by atoms with E-state index in [1.165, 1.54) is 18.4 Å². The molecule has 0 aliphatic heterocycles. The molecule has 1 rings (SSSR count). The highest BCUT2D eigenvalue weighted by Gasteiger charge is 2.06. The molecule has 0 spiro atoms. The number of allylic oxidation sites excluding steroid dienone is 1. The molecule has 0 bridgehead atoms. The van der Waals surface area contributed by atoms with Gasteiger partial charge in [-0.05, 0) is 17.2 Å². The van der Waals surface area contributed by atoms with Crippen LogP contribution >= 0.6 is 22.2 Å². The Balaban J connectivity index is 2.61. The molecule has 0 amide bonds. The van der Waals surface area contributed by atoms with Gasteiger partial charge in [0.25, 0.3) is 0 Å². The SMILES string of the molecule is CCCC/C=C/c1cccc([Si](Cl)Cl)c1. The summed E-state index contributed by atoms with van der Waals surface area (Å²) in [6.07, 6.45) is 7.96. The molecule has 3 heteroatoms. The van der Waals surface area contributed by atoms with Crippen LogP contribution in [0.25, 0.3) is 6.08 Å². The summed E-state index contributed by atoms with van der Waals surface area (Å²) in [5.41, 5.74) is 1.19. The largest absolute Gasteiger partial charge is 0.307 e. The van der Waals surface area contributed by atoms with Crippen molar-refractivity contribution in [1.82, 2.24) is 0 Å². The Morgan fingerprint density at radius 2 is 2.13 bits per heavy atom. The lowest BCUT2D eigenvalue weighted by Crippen LogP contribution is -2.17. The molecule has 81 valence electrons. The van der Waals surface area contributed by atoms with Gasteiger partial charge in [0.05, 0.1) is 0 Å². The normalized spacial score (nSPS) is 11.5. The number of hydrogen-bond acceptors (Lipinski definition) is 0. The average Bonchev–Trinajstić information content (AvgIpc) is 2.25. The van der Waals surface area contributed by atoms with Gasteiger partial charge >= 0.3 is 7.42 Å². The summed E-state index contributed by atoms with van der Waals surface area (Å²) >= 11 is 11.8. The smallest absolute Gasteiger partial charge is 0.140 e. The lowest BCUT2D eigenvalue weighted by atomic mass is 10.2. The molecule has 0 nitrogen and oxygen atoms in total. The van der Waals surface area contributed by atoms with Crippen molar-refractivity contribution < 1.29 is 0 Å². The molecular weight excluding hydrogens is 243 g/mol. The minimum absolute atomic E-state index is 1.06. The maximum absolute atomic E-state index is 5.90. The zero-order chi connectivity index (χ0) is 11.1. The second kappa shape index (κ2) is 7.10. The first-order chi connectivity index (χ1) is 7.24. The molecule has 0 N–H and O–H groups in total. The minimum atomic E-state index is -1.36. The van der Waals surface area contributed by atoms with Crippen molar-refractivity contribution in [2.75, 3.05) is 0 Å². The van der Waals surface area contributed by atoms with Gasteiger partial charge < -0.3 is 0 Å². The van der Waals surface area contributed by atoms with E-state index in [-0.39, 0.29) is 0 Å². The average molecular weight is 258 g/mol. The first kappa shape index (κ1) is 12.8. The Hall–Kier alpha value is -0.243. The third-order valence-corrected chi connectivity index (χ3v) is 4.20. The quantitative estimate of drug-likeness (QED) is 0.424. The predicted octanol–water partition coefficient (Wildman–Crippen LogP) is 4.06. The Kier molecular flexibility index (Phi) is 6.07. The summed E-state index contributed by atoms with van der Waals surface area (Å²) in [7, 11) is -1.36. The summed E-state index contributed by atoms with van der Waals surface area (Å²) in [5.74, 6) is 0. The summed E-state index contributed by atoms with van der Waals surface area (Å²) in [5, 5.41) is 1.06. The number of halogens is 2. The standard InChI is InChI=1S/C12H15Cl2Si/c1-2-3-4-5-7-11-8-6-9-12(10-11)15(13)14/h5-10H,2-4H2,1H3/b7-5+. The molecule has 15 heavy (non-hydrogen) atoms. The van der Waals surface area contributed by atoms with Crippen LogP contribution in [0.1, 0.15) is 31.7 Å². The molecule has 0 aliphatic carbocycles. The molecule has 0 aliphatic rings. The Morgan fingerprint density at radius 3 is 2.80 bits per heavy atom. The molecule has 1 radical (unpaired) electrons. The van der Waals surface area contributed by atoms with Gasteiger partial charge in [0.2, 0.25) is 0 Å². The highest BCUT2D eigenvalue weighted by atomic mass is 35.7. The first-order valence-electron chi connectivity index (χ1n) is 5.19. The van der Waals surface area contributed by atoms with E-state index in [2.05, 4.69) is 31.2 Å². The van der Waals surface area contributed by atoms with Crippen LogP contribution in [0.3, 0.4) is 0 Å². The Labute approximate surface area is 103 Å². The van der Waals surface area contributed by atoms with E-state index in [1.807, 2.05) is 12.1 Å². The molecule has 0 atom stereocenters. The van der Waals surface area contributed by atoms with Gasteiger partial charge in [0, 0.05) is 0 Å². The third-order valence-electron chi connectivity index (χ3n) is 2.14. The maximum Gasteiger partial charge on any atom is 0.307 e. The van der Waals surface area contributed by atoms with Crippen LogP contribution in [-0.2, 0) is 0 Å². The molecule has 1 aromatic rings. The van der Waals surface area contributed by atoms with Crippen molar-refractivity contribution in [2.24, 2.45) is 0 Å². The molecule has 0 aromatic heterocycles. The van der Waals surface area contributed by atoms with E-state index >= 15 is 0 Å². The van der Waals surface area contributed by atoms with Crippen LogP contribution in [0.15, 0.2) is 30.3 Å². The van der Waals surface area contributed by atoms with Gasteiger partial charge in [0.1, 0.15) is 0 Å². The second-order valence-electron chi connectivity index (χ2n) is 3.43. The maximum atomic E-state index is 5.90. The van der Waals surface area contributed by atoms with E-state index in [0.717, 1.165) is 11.6 Å². The summed E-state index contributed by atoms with van der Waals surface area (Å²) < 4.78 is 0. The van der Waals surface area contributed by atoms with Gasteiger partial charge in [-0.2, -0.15) is 0 Å². The van der Waals surface area contributed by atoms with Crippen LogP contribution in [0.4, 0.5) is 0 Å². The summed E-state index contributed by atoms with van der Waals surface area (Å²) in [4.78, 5) is 0. The van der Waals surface area contributed by atoms with E-state index < -0.39 is 7.42 Å². The van der Waals surface area contributed by atoms with E-state index in [0.29, 0.717) is 0 Å². The number of rotatable bonds is 5. The van der Waals surface area contributed by atoms with Gasteiger partial charge in [-0.15, -0.1) is 22.2 Å². The lowest BCUT2D eigenvalue weighted by molar-refractivity contribution is 0.816. The van der Waals surface area contributed by atoms with Crippen LogP contribution in [0.5, 0.6) is 0 Å². The van der Waals surface area contributed by atoms with Gasteiger partial charge in [-0.3, -0.25) is 0 Å². The topological polar surface area (TPSA) is 0 Å². The van der Waals surface area contributed by atoms with Crippen molar-refractivity contribution >= 4 is 40.8 Å². The van der Waals surface area contributed by atoms with E-state index in [1.54, 1.807) is 0 Å². The summed E-state index contributed by atoms with van der Waals surface area (Å²) in [6.45, 7) is 2.20. The fourth-order valence-electron chi connectivity index (χ4n) is 1.30. The van der Waals surface area contributed by atoms with E-state index in [9.17, 15) is 0 Å². The van der Waals surface area contributed by atoms with Gasteiger partial charge in [-0.25, -0.2) is 0 Å². The molecular formula is C12H15Cl2Si. The van der Waals surface area contributed by atoms with Crippen LogP contribution in [0.2, 0.25) is 0 Å². The van der Waals surface area contributed by atoms with Crippen LogP contribution in [0, 0.1) is 0 Å². The van der Waals surface area contributed by atoms with Crippen molar-refractivity contribution in [3.05, 3.63) is 35.9 Å². The number of hydrogen-bond donors (Lipinski definition) is 0. The molecule has 0 saturated heterocycles. The zero-order valence-electron chi connectivity index (χ0n) is 8.84. The fraction of sp³-hybridized carbons (Fsp3) is 0.333. The summed E-state index contributed by atoms with van der Waals surface area (Å²) in [6, 6.07) is 8.13. The minimum Gasteiger partial charge on any atom is -0.140 e. The van der Waals surface area contributed by atoms with Crippen molar-refractivity contribution in [3.63, 3.8) is 0 Å². The van der Waals surface area contributed by atoms with Crippen molar-refractivity contribution in [3.8, 4) is 0 Å². The molecule has 0 heterocycles. The highest BCUT2D eigenvalue weighted by molar-refractivity contribution is 7.39. The predicted molar refractivity (Wildman–Crippen MR) is 72.1 cm³/mol. The van der Waals surface area contributed by atoms with Gasteiger partial charge in [0.15, 0.2) is 0 Å². The number of benzene rings is 1. The third kappa shape index (κ3) is 4.87.